The molecule has 0 saturated heterocycles. The van der Waals surface area contributed by atoms with Crippen LogP contribution in [0.5, 0.6) is 0 Å². The number of esters is 1. The van der Waals surface area contributed by atoms with Gasteiger partial charge in [-0.15, -0.1) is 6.58 Å². The number of methoxy groups -OCH3 is 1. The maximum Gasteiger partial charge on any atom is 0.337 e. The Labute approximate surface area is 132 Å². The van der Waals surface area contributed by atoms with E-state index in [-0.39, 0.29) is 17.8 Å². The van der Waals surface area contributed by atoms with Crippen LogP contribution < -0.4 is 5.32 Å². The smallest absolute Gasteiger partial charge is 0.337 e. The second-order valence-electron chi connectivity index (χ2n) is 4.91. The standard InChI is InChI=1S/C16H16F2N2O3/c1-4-8-20-9(2)12(15(21)23-3)14(19-16(20)22)13-10(17)6-5-7-11(13)18/h4-7,14H,1,8H2,2-3H3,(H,19,22)/t14-/m1/s1. The molecular weight excluding hydrogens is 306 g/mol. The molecule has 0 spiro atoms. The molecule has 1 N–H and O–H groups in total. The number of allylic oxidation sites excluding steroid dienone is 1. The molecule has 122 valence electrons. The van der Waals surface area contributed by atoms with Crippen molar-refractivity contribution in [1.29, 1.82) is 0 Å². The normalized spacial score (nSPS) is 17.8. The van der Waals surface area contributed by atoms with E-state index in [9.17, 15) is 18.4 Å². The molecule has 1 aliphatic heterocycles. The van der Waals surface area contributed by atoms with Gasteiger partial charge in [-0.05, 0) is 19.1 Å². The zero-order valence-corrected chi connectivity index (χ0v) is 12.7. The average molecular weight is 322 g/mol. The third kappa shape index (κ3) is 2.94. The van der Waals surface area contributed by atoms with E-state index >= 15 is 0 Å². The maximum absolute atomic E-state index is 14.1. The number of rotatable bonds is 4. The number of urea groups is 1. The van der Waals surface area contributed by atoms with Crippen molar-refractivity contribution in [3.8, 4) is 0 Å². The van der Waals surface area contributed by atoms with Crippen LogP contribution in [0.2, 0.25) is 0 Å². The highest BCUT2D eigenvalue weighted by Gasteiger charge is 2.38. The molecule has 23 heavy (non-hydrogen) atoms. The SMILES string of the molecule is C=CCN1C(=O)N[C@@H](c2c(F)cccc2F)C(C(=O)OC)=C1C. The van der Waals surface area contributed by atoms with Crippen molar-refractivity contribution < 1.29 is 23.1 Å². The Bertz CT molecular complexity index is 680. The van der Waals surface area contributed by atoms with Crippen LogP contribution in [-0.4, -0.2) is 30.6 Å². The van der Waals surface area contributed by atoms with Gasteiger partial charge in [0.25, 0.3) is 0 Å². The summed E-state index contributed by atoms with van der Waals surface area (Å²) < 4.78 is 32.9. The molecule has 0 fully saturated rings. The topological polar surface area (TPSA) is 58.6 Å². The molecule has 0 saturated carbocycles. The monoisotopic (exact) mass is 322 g/mol. The first kappa shape index (κ1) is 16.7. The number of amides is 2. The maximum atomic E-state index is 14.1. The zero-order valence-electron chi connectivity index (χ0n) is 12.7. The summed E-state index contributed by atoms with van der Waals surface area (Å²) in [6.45, 7) is 5.20. The largest absolute Gasteiger partial charge is 0.466 e. The van der Waals surface area contributed by atoms with Crippen LogP contribution in [-0.2, 0) is 9.53 Å². The van der Waals surface area contributed by atoms with E-state index in [0.29, 0.717) is 0 Å². The fourth-order valence-corrected chi connectivity index (χ4v) is 2.51. The first-order valence-corrected chi connectivity index (χ1v) is 6.84. The minimum atomic E-state index is -1.27. The van der Waals surface area contributed by atoms with E-state index in [2.05, 4.69) is 11.9 Å². The van der Waals surface area contributed by atoms with E-state index in [1.165, 1.54) is 24.0 Å². The average Bonchev–Trinajstić information content (AvgIpc) is 2.50. The molecule has 0 radical (unpaired) electrons. The van der Waals surface area contributed by atoms with E-state index in [0.717, 1.165) is 19.2 Å². The lowest BCUT2D eigenvalue weighted by atomic mass is 9.94. The van der Waals surface area contributed by atoms with E-state index in [4.69, 9.17) is 4.74 Å². The van der Waals surface area contributed by atoms with Crippen LogP contribution in [0.25, 0.3) is 0 Å². The Hall–Kier alpha value is -2.70. The third-order valence-electron chi connectivity index (χ3n) is 3.60. The number of carbonyl (C=O) groups excluding carboxylic acids is 2. The Morgan fingerprint density at radius 2 is 2.04 bits per heavy atom. The first-order chi connectivity index (χ1) is 10.9. The molecule has 1 aliphatic rings. The van der Waals surface area contributed by atoms with Crippen LogP contribution in [0.1, 0.15) is 18.5 Å². The molecule has 2 rings (SSSR count). The summed E-state index contributed by atoms with van der Waals surface area (Å²) in [5, 5.41) is 2.45. The summed E-state index contributed by atoms with van der Waals surface area (Å²) in [6.07, 6.45) is 1.47. The second-order valence-corrected chi connectivity index (χ2v) is 4.91. The summed E-state index contributed by atoms with van der Waals surface area (Å²) in [4.78, 5) is 25.5. The Morgan fingerprint density at radius 3 is 2.57 bits per heavy atom. The van der Waals surface area contributed by atoms with Crippen molar-refractivity contribution in [2.45, 2.75) is 13.0 Å². The number of hydrogen-bond acceptors (Lipinski definition) is 3. The van der Waals surface area contributed by atoms with E-state index < -0.39 is 35.2 Å². The molecule has 1 heterocycles. The van der Waals surface area contributed by atoms with Crippen LogP contribution >= 0.6 is 0 Å². The van der Waals surface area contributed by atoms with Crippen molar-refractivity contribution in [3.63, 3.8) is 0 Å². The van der Waals surface area contributed by atoms with Crippen LogP contribution in [0.4, 0.5) is 13.6 Å². The molecule has 5 nitrogen and oxygen atoms in total. The van der Waals surface area contributed by atoms with Gasteiger partial charge >= 0.3 is 12.0 Å². The fraction of sp³-hybridized carbons (Fsp3) is 0.250. The summed E-state index contributed by atoms with van der Waals surface area (Å²) in [7, 11) is 1.16. The summed E-state index contributed by atoms with van der Waals surface area (Å²) in [5.41, 5.74) is -0.176. The zero-order chi connectivity index (χ0) is 17.1. The van der Waals surface area contributed by atoms with Gasteiger partial charge in [0, 0.05) is 12.2 Å². The first-order valence-electron chi connectivity index (χ1n) is 6.84. The predicted molar refractivity (Wildman–Crippen MR) is 79.2 cm³/mol. The number of hydrogen-bond donors (Lipinski definition) is 1. The molecule has 1 aromatic carbocycles. The lowest BCUT2D eigenvalue weighted by Gasteiger charge is -2.34. The number of nitrogens with zero attached hydrogens (tertiary/aromatic N) is 1. The molecule has 2 amide bonds. The van der Waals surface area contributed by atoms with Crippen molar-refractivity contribution in [2.24, 2.45) is 0 Å². The van der Waals surface area contributed by atoms with Gasteiger partial charge in [-0.3, -0.25) is 4.90 Å². The summed E-state index contributed by atoms with van der Waals surface area (Å²) in [6, 6.07) is 1.48. The van der Waals surface area contributed by atoms with Crippen LogP contribution in [0.3, 0.4) is 0 Å². The predicted octanol–water partition coefficient (Wildman–Crippen LogP) is 2.66. The minimum absolute atomic E-state index is 0.0297. The quantitative estimate of drug-likeness (QED) is 0.685. The molecule has 7 heteroatoms. The molecule has 1 aromatic rings. The third-order valence-corrected chi connectivity index (χ3v) is 3.60. The number of ether oxygens (including phenoxy) is 1. The molecule has 0 bridgehead atoms. The van der Waals surface area contributed by atoms with Crippen molar-refractivity contribution in [2.75, 3.05) is 13.7 Å². The van der Waals surface area contributed by atoms with Crippen molar-refractivity contribution in [1.82, 2.24) is 10.2 Å². The lowest BCUT2D eigenvalue weighted by molar-refractivity contribution is -0.136. The van der Waals surface area contributed by atoms with Gasteiger partial charge in [0.1, 0.15) is 11.6 Å². The van der Waals surface area contributed by atoms with Gasteiger partial charge in [0.2, 0.25) is 0 Å². The van der Waals surface area contributed by atoms with Crippen LogP contribution in [0.15, 0.2) is 42.1 Å². The summed E-state index contributed by atoms with van der Waals surface area (Å²) >= 11 is 0. The number of benzene rings is 1. The molecule has 0 aliphatic carbocycles. The van der Waals surface area contributed by atoms with Gasteiger partial charge in [-0.1, -0.05) is 12.1 Å². The van der Waals surface area contributed by atoms with Gasteiger partial charge < -0.3 is 10.1 Å². The Balaban J connectivity index is 2.65. The van der Waals surface area contributed by atoms with Gasteiger partial charge in [0.15, 0.2) is 0 Å². The number of nitrogens with one attached hydrogen (secondary N) is 1. The van der Waals surface area contributed by atoms with Crippen molar-refractivity contribution in [3.05, 3.63) is 59.3 Å². The molecule has 0 aromatic heterocycles. The van der Waals surface area contributed by atoms with Gasteiger partial charge in [0.05, 0.1) is 24.3 Å². The highest BCUT2D eigenvalue weighted by atomic mass is 19.1. The fourth-order valence-electron chi connectivity index (χ4n) is 2.51. The highest BCUT2D eigenvalue weighted by molar-refractivity contribution is 5.95. The number of halogens is 2. The van der Waals surface area contributed by atoms with Crippen LogP contribution in [0, 0.1) is 11.6 Å². The second kappa shape index (κ2) is 6.60. The number of carbonyl (C=O) groups is 2. The van der Waals surface area contributed by atoms with E-state index in [1.54, 1.807) is 0 Å². The Morgan fingerprint density at radius 1 is 1.43 bits per heavy atom. The lowest BCUT2D eigenvalue weighted by Crippen LogP contribution is -2.48. The highest BCUT2D eigenvalue weighted by Crippen LogP contribution is 2.33. The van der Waals surface area contributed by atoms with Crippen molar-refractivity contribution >= 4 is 12.0 Å². The minimum Gasteiger partial charge on any atom is -0.466 e. The van der Waals surface area contributed by atoms with Gasteiger partial charge in [-0.25, -0.2) is 18.4 Å². The molecular formula is C16H16F2N2O3. The molecule has 1 atom stereocenters. The summed E-state index contributed by atoms with van der Waals surface area (Å²) in [5.74, 6) is -2.49. The molecule has 0 unspecified atom stereocenters. The van der Waals surface area contributed by atoms with Gasteiger partial charge in [-0.2, -0.15) is 0 Å². The Kier molecular flexibility index (Phi) is 4.78. The van der Waals surface area contributed by atoms with E-state index in [1.807, 2.05) is 0 Å².